The lowest BCUT2D eigenvalue weighted by molar-refractivity contribution is 0.0556. The minimum absolute atomic E-state index is 0.308. The molecule has 17 heavy (non-hydrogen) atoms. The summed E-state index contributed by atoms with van der Waals surface area (Å²) in [5.74, 6) is 0. The fourth-order valence-corrected chi connectivity index (χ4v) is 2.35. The molecule has 2 rings (SSSR count). The summed E-state index contributed by atoms with van der Waals surface area (Å²) in [7, 11) is 0. The molecule has 1 aromatic rings. The van der Waals surface area contributed by atoms with E-state index in [1.54, 1.807) is 0 Å². The Balaban J connectivity index is 2.01. The third-order valence-corrected chi connectivity index (χ3v) is 3.62. The second kappa shape index (κ2) is 5.19. The number of hydrogen-bond acceptors (Lipinski definition) is 2. The highest BCUT2D eigenvalue weighted by Gasteiger charge is 2.38. The summed E-state index contributed by atoms with van der Waals surface area (Å²) in [4.78, 5) is 0. The van der Waals surface area contributed by atoms with E-state index in [-0.39, 0.29) is 0 Å². The van der Waals surface area contributed by atoms with Crippen molar-refractivity contribution in [3.8, 4) is 0 Å². The van der Waals surface area contributed by atoms with E-state index < -0.39 is 0 Å². The van der Waals surface area contributed by atoms with Gasteiger partial charge in [-0.1, -0.05) is 29.8 Å². The SMILES string of the molecule is Cc1ccc(C2(CCOC(C)C)CNC2)cc1. The molecule has 1 aromatic carbocycles. The average Bonchev–Trinajstić information content (AvgIpc) is 2.23. The van der Waals surface area contributed by atoms with Gasteiger partial charge in [0.25, 0.3) is 0 Å². The zero-order valence-electron chi connectivity index (χ0n) is 11.1. The van der Waals surface area contributed by atoms with Crippen molar-refractivity contribution in [1.29, 1.82) is 0 Å². The Kier molecular flexibility index (Phi) is 3.85. The molecule has 0 spiro atoms. The van der Waals surface area contributed by atoms with Crippen LogP contribution in [0.2, 0.25) is 0 Å². The van der Waals surface area contributed by atoms with Gasteiger partial charge in [0, 0.05) is 25.1 Å². The van der Waals surface area contributed by atoms with Gasteiger partial charge in [0.15, 0.2) is 0 Å². The van der Waals surface area contributed by atoms with Crippen molar-refractivity contribution in [3.63, 3.8) is 0 Å². The van der Waals surface area contributed by atoms with Crippen LogP contribution < -0.4 is 5.32 Å². The molecule has 0 saturated carbocycles. The maximum Gasteiger partial charge on any atom is 0.0518 e. The summed E-state index contributed by atoms with van der Waals surface area (Å²) in [6.07, 6.45) is 1.44. The Morgan fingerprint density at radius 2 is 1.88 bits per heavy atom. The Morgan fingerprint density at radius 1 is 1.24 bits per heavy atom. The second-order valence-electron chi connectivity index (χ2n) is 5.42. The van der Waals surface area contributed by atoms with Crippen molar-refractivity contribution in [3.05, 3.63) is 35.4 Å². The van der Waals surface area contributed by atoms with Crippen LogP contribution in [0.25, 0.3) is 0 Å². The normalized spacial score (nSPS) is 18.1. The van der Waals surface area contributed by atoms with Gasteiger partial charge >= 0.3 is 0 Å². The highest BCUT2D eigenvalue weighted by molar-refractivity contribution is 5.32. The van der Waals surface area contributed by atoms with E-state index in [0.717, 1.165) is 26.1 Å². The van der Waals surface area contributed by atoms with Crippen molar-refractivity contribution in [2.45, 2.75) is 38.7 Å². The van der Waals surface area contributed by atoms with Gasteiger partial charge in [-0.2, -0.15) is 0 Å². The number of rotatable bonds is 5. The zero-order valence-corrected chi connectivity index (χ0v) is 11.1. The molecule has 1 saturated heterocycles. The molecular formula is C15H23NO. The topological polar surface area (TPSA) is 21.3 Å². The highest BCUT2D eigenvalue weighted by Crippen LogP contribution is 2.32. The van der Waals surface area contributed by atoms with Gasteiger partial charge in [0.05, 0.1) is 6.10 Å². The van der Waals surface area contributed by atoms with Gasteiger partial charge in [0.2, 0.25) is 0 Å². The standard InChI is InChI=1S/C15H23NO/c1-12(2)17-9-8-15(10-16-11-15)14-6-4-13(3)5-7-14/h4-7,12,16H,8-11H2,1-3H3. The molecule has 0 aliphatic carbocycles. The first-order chi connectivity index (χ1) is 8.12. The molecule has 0 unspecified atom stereocenters. The largest absolute Gasteiger partial charge is 0.379 e. The third kappa shape index (κ3) is 2.88. The molecule has 0 radical (unpaired) electrons. The van der Waals surface area contributed by atoms with Crippen molar-refractivity contribution in [2.24, 2.45) is 0 Å². The summed E-state index contributed by atoms with van der Waals surface area (Å²) in [6.45, 7) is 9.34. The monoisotopic (exact) mass is 233 g/mol. The van der Waals surface area contributed by atoms with Crippen LogP contribution in [-0.2, 0) is 10.2 Å². The summed E-state index contributed by atoms with van der Waals surface area (Å²) in [5.41, 5.74) is 3.09. The number of benzene rings is 1. The minimum Gasteiger partial charge on any atom is -0.379 e. The lowest BCUT2D eigenvalue weighted by atomic mass is 9.73. The lowest BCUT2D eigenvalue weighted by Gasteiger charge is -2.43. The van der Waals surface area contributed by atoms with Crippen LogP contribution in [-0.4, -0.2) is 25.8 Å². The Bertz CT molecular complexity index is 352. The van der Waals surface area contributed by atoms with E-state index in [1.165, 1.54) is 11.1 Å². The molecule has 2 nitrogen and oxygen atoms in total. The molecule has 1 aliphatic rings. The first kappa shape index (κ1) is 12.6. The molecule has 1 fully saturated rings. The number of nitrogens with one attached hydrogen (secondary N) is 1. The van der Waals surface area contributed by atoms with Crippen LogP contribution in [0.5, 0.6) is 0 Å². The molecule has 94 valence electrons. The summed E-state index contributed by atoms with van der Waals surface area (Å²) in [5, 5.41) is 3.40. The van der Waals surface area contributed by atoms with Crippen molar-refractivity contribution < 1.29 is 4.74 Å². The van der Waals surface area contributed by atoms with E-state index in [1.807, 2.05) is 0 Å². The van der Waals surface area contributed by atoms with Crippen LogP contribution in [0.1, 0.15) is 31.4 Å². The molecule has 2 heteroatoms. The zero-order chi connectivity index (χ0) is 12.3. The van der Waals surface area contributed by atoms with Gasteiger partial charge < -0.3 is 10.1 Å². The number of hydrogen-bond donors (Lipinski definition) is 1. The smallest absolute Gasteiger partial charge is 0.0518 e. The van der Waals surface area contributed by atoms with Gasteiger partial charge in [0.1, 0.15) is 0 Å². The predicted octanol–water partition coefficient (Wildman–Crippen LogP) is 2.65. The predicted molar refractivity (Wildman–Crippen MR) is 71.4 cm³/mol. The van der Waals surface area contributed by atoms with Crippen LogP contribution in [0.15, 0.2) is 24.3 Å². The maximum atomic E-state index is 5.69. The molecule has 1 heterocycles. The van der Waals surface area contributed by atoms with Crippen LogP contribution in [0.3, 0.4) is 0 Å². The number of ether oxygens (including phenoxy) is 1. The van der Waals surface area contributed by atoms with Gasteiger partial charge in [-0.15, -0.1) is 0 Å². The van der Waals surface area contributed by atoms with E-state index >= 15 is 0 Å². The lowest BCUT2D eigenvalue weighted by Crippen LogP contribution is -2.57. The summed E-state index contributed by atoms with van der Waals surface area (Å²) < 4.78 is 5.69. The van der Waals surface area contributed by atoms with E-state index in [0.29, 0.717) is 11.5 Å². The van der Waals surface area contributed by atoms with Crippen molar-refractivity contribution >= 4 is 0 Å². The fourth-order valence-electron chi connectivity index (χ4n) is 2.35. The Morgan fingerprint density at radius 3 is 2.35 bits per heavy atom. The van der Waals surface area contributed by atoms with Gasteiger partial charge in [-0.05, 0) is 32.8 Å². The second-order valence-corrected chi connectivity index (χ2v) is 5.42. The van der Waals surface area contributed by atoms with E-state index in [4.69, 9.17) is 4.74 Å². The molecule has 1 aliphatic heterocycles. The average molecular weight is 233 g/mol. The molecule has 0 bridgehead atoms. The number of aryl methyl sites for hydroxylation is 1. The van der Waals surface area contributed by atoms with Crippen LogP contribution >= 0.6 is 0 Å². The van der Waals surface area contributed by atoms with Gasteiger partial charge in [-0.3, -0.25) is 0 Å². The maximum absolute atomic E-state index is 5.69. The first-order valence-corrected chi connectivity index (χ1v) is 6.52. The molecule has 1 N–H and O–H groups in total. The van der Waals surface area contributed by atoms with Crippen LogP contribution in [0, 0.1) is 6.92 Å². The van der Waals surface area contributed by atoms with Crippen molar-refractivity contribution in [1.82, 2.24) is 5.32 Å². The molecule has 0 atom stereocenters. The first-order valence-electron chi connectivity index (χ1n) is 6.52. The minimum atomic E-state index is 0.308. The van der Waals surface area contributed by atoms with E-state index in [2.05, 4.69) is 50.4 Å². The fraction of sp³-hybridized carbons (Fsp3) is 0.600. The Hall–Kier alpha value is -0.860. The third-order valence-electron chi connectivity index (χ3n) is 3.62. The van der Waals surface area contributed by atoms with Gasteiger partial charge in [-0.25, -0.2) is 0 Å². The summed E-state index contributed by atoms with van der Waals surface area (Å²) in [6, 6.07) is 8.95. The van der Waals surface area contributed by atoms with E-state index in [9.17, 15) is 0 Å². The highest BCUT2D eigenvalue weighted by atomic mass is 16.5. The van der Waals surface area contributed by atoms with Crippen LogP contribution in [0.4, 0.5) is 0 Å². The van der Waals surface area contributed by atoms with Crippen molar-refractivity contribution in [2.75, 3.05) is 19.7 Å². The molecule has 0 amide bonds. The Labute approximate surface area is 104 Å². The molecule has 0 aromatic heterocycles. The summed E-state index contributed by atoms with van der Waals surface area (Å²) >= 11 is 0. The quantitative estimate of drug-likeness (QED) is 0.844. The molecular weight excluding hydrogens is 210 g/mol.